The zero-order valence-corrected chi connectivity index (χ0v) is 46.3. The monoisotopic (exact) mass is 969 g/mol. The molecular formula is C63H116O6. The topological polar surface area (TPSA) is 78.9 Å². The van der Waals surface area contributed by atoms with Gasteiger partial charge in [-0.15, -0.1) is 0 Å². The van der Waals surface area contributed by atoms with Crippen molar-refractivity contribution in [3.05, 3.63) is 36.5 Å². The maximum atomic E-state index is 12.9. The average Bonchev–Trinajstić information content (AvgIpc) is 3.35. The molecule has 0 aliphatic carbocycles. The molecule has 0 aromatic rings. The molecular weight excluding hydrogens is 853 g/mol. The first-order valence-corrected chi connectivity index (χ1v) is 30.5. The van der Waals surface area contributed by atoms with Crippen LogP contribution in [0.15, 0.2) is 36.5 Å². The molecule has 0 saturated heterocycles. The average molecular weight is 970 g/mol. The second-order valence-corrected chi connectivity index (χ2v) is 20.6. The highest BCUT2D eigenvalue weighted by atomic mass is 16.6. The van der Waals surface area contributed by atoms with E-state index in [1.165, 1.54) is 218 Å². The van der Waals surface area contributed by atoms with Crippen molar-refractivity contribution >= 4 is 17.9 Å². The molecule has 0 aliphatic rings. The molecule has 1 atom stereocenters. The number of hydrogen-bond donors (Lipinski definition) is 0. The van der Waals surface area contributed by atoms with Gasteiger partial charge in [0.1, 0.15) is 13.2 Å². The van der Waals surface area contributed by atoms with E-state index in [9.17, 15) is 14.4 Å². The van der Waals surface area contributed by atoms with Crippen molar-refractivity contribution in [1.29, 1.82) is 0 Å². The molecule has 0 aliphatic heterocycles. The molecule has 0 radical (unpaired) electrons. The van der Waals surface area contributed by atoms with Crippen LogP contribution in [0.3, 0.4) is 0 Å². The zero-order chi connectivity index (χ0) is 50.0. The van der Waals surface area contributed by atoms with Crippen LogP contribution in [-0.4, -0.2) is 37.2 Å². The smallest absolute Gasteiger partial charge is 0.306 e. The Bertz CT molecular complexity index is 1160. The van der Waals surface area contributed by atoms with Gasteiger partial charge in [-0.25, -0.2) is 0 Å². The standard InChI is InChI=1S/C63H116O6/c1-4-7-10-13-16-19-22-25-28-30-31-33-35-38-41-44-47-50-53-56-62(65)68-59-60(58-67-61(64)55-52-49-46-43-40-37-34-27-24-21-18-15-12-9-6-3)69-63(66)57-54-51-48-45-42-39-36-32-29-26-23-20-17-14-11-8-5-2/h17,20,26,29-31,60H,4-16,18-19,21-25,27-28,32-59H2,1-3H3/b20-17-,29-26-,31-30-/t60-/m1/s1. The number of unbranched alkanes of at least 4 members (excludes halogenated alkanes) is 39. The number of ether oxygens (including phenoxy) is 3. The molecule has 0 rings (SSSR count). The van der Waals surface area contributed by atoms with Gasteiger partial charge in [-0.3, -0.25) is 14.4 Å². The fourth-order valence-corrected chi connectivity index (χ4v) is 9.00. The quantitative estimate of drug-likeness (QED) is 0.0261. The lowest BCUT2D eigenvalue weighted by Crippen LogP contribution is -2.30. The molecule has 0 bridgehead atoms. The van der Waals surface area contributed by atoms with Crippen molar-refractivity contribution in [1.82, 2.24) is 0 Å². The van der Waals surface area contributed by atoms with Crippen molar-refractivity contribution in [2.24, 2.45) is 0 Å². The molecule has 6 nitrogen and oxygen atoms in total. The number of allylic oxidation sites excluding steroid dienone is 6. The molecule has 0 N–H and O–H groups in total. The predicted octanol–water partition coefficient (Wildman–Crippen LogP) is 20.4. The molecule has 0 fully saturated rings. The first kappa shape index (κ1) is 66.6. The van der Waals surface area contributed by atoms with E-state index in [4.69, 9.17) is 14.2 Å². The van der Waals surface area contributed by atoms with Gasteiger partial charge in [-0.2, -0.15) is 0 Å². The molecule has 0 heterocycles. The van der Waals surface area contributed by atoms with E-state index < -0.39 is 6.10 Å². The van der Waals surface area contributed by atoms with Gasteiger partial charge in [0.25, 0.3) is 0 Å². The number of rotatable bonds is 56. The van der Waals surface area contributed by atoms with E-state index in [1.807, 2.05) is 0 Å². The summed E-state index contributed by atoms with van der Waals surface area (Å²) in [7, 11) is 0. The Hall–Kier alpha value is -2.37. The maximum Gasteiger partial charge on any atom is 0.306 e. The van der Waals surface area contributed by atoms with Gasteiger partial charge in [0.2, 0.25) is 0 Å². The number of carbonyl (C=O) groups is 3. The Balaban J connectivity index is 4.35. The summed E-state index contributed by atoms with van der Waals surface area (Å²) >= 11 is 0. The van der Waals surface area contributed by atoms with Crippen LogP contribution in [0.5, 0.6) is 0 Å². The fraction of sp³-hybridized carbons (Fsp3) is 0.857. The second-order valence-electron chi connectivity index (χ2n) is 20.6. The summed E-state index contributed by atoms with van der Waals surface area (Å²) in [6.07, 6.45) is 69.9. The van der Waals surface area contributed by atoms with Crippen LogP contribution in [0, 0.1) is 0 Å². The van der Waals surface area contributed by atoms with Gasteiger partial charge in [0.15, 0.2) is 6.10 Å². The van der Waals surface area contributed by atoms with Crippen LogP contribution >= 0.6 is 0 Å². The van der Waals surface area contributed by atoms with Crippen LogP contribution in [0.4, 0.5) is 0 Å². The normalized spacial score (nSPS) is 12.2. The summed E-state index contributed by atoms with van der Waals surface area (Å²) in [6.45, 7) is 6.65. The van der Waals surface area contributed by atoms with Gasteiger partial charge in [-0.05, 0) is 77.0 Å². The fourth-order valence-electron chi connectivity index (χ4n) is 9.00. The molecule has 0 aromatic heterocycles. The molecule has 6 heteroatoms. The first-order valence-electron chi connectivity index (χ1n) is 30.5. The van der Waals surface area contributed by atoms with E-state index in [2.05, 4.69) is 57.2 Å². The summed E-state index contributed by atoms with van der Waals surface area (Å²) in [6, 6.07) is 0. The van der Waals surface area contributed by atoms with Gasteiger partial charge < -0.3 is 14.2 Å². The number of carbonyl (C=O) groups excluding carboxylic acids is 3. The summed E-state index contributed by atoms with van der Waals surface area (Å²) in [5.41, 5.74) is 0. The van der Waals surface area contributed by atoms with Crippen molar-refractivity contribution < 1.29 is 28.6 Å². The Kier molecular flexibility index (Phi) is 56.2. The Morgan fingerprint density at radius 1 is 0.290 bits per heavy atom. The van der Waals surface area contributed by atoms with Crippen LogP contribution in [0.1, 0.15) is 329 Å². The van der Waals surface area contributed by atoms with Gasteiger partial charge in [0, 0.05) is 19.3 Å². The third kappa shape index (κ3) is 56.4. The van der Waals surface area contributed by atoms with Gasteiger partial charge in [-0.1, -0.05) is 269 Å². The number of hydrogen-bond acceptors (Lipinski definition) is 6. The number of esters is 3. The van der Waals surface area contributed by atoms with Gasteiger partial charge >= 0.3 is 17.9 Å². The van der Waals surface area contributed by atoms with Crippen LogP contribution < -0.4 is 0 Å². The molecule has 0 unspecified atom stereocenters. The van der Waals surface area contributed by atoms with E-state index >= 15 is 0 Å². The van der Waals surface area contributed by atoms with E-state index in [-0.39, 0.29) is 31.1 Å². The van der Waals surface area contributed by atoms with Crippen LogP contribution in [0.2, 0.25) is 0 Å². The van der Waals surface area contributed by atoms with Crippen molar-refractivity contribution in [3.63, 3.8) is 0 Å². The Morgan fingerprint density at radius 3 is 0.841 bits per heavy atom. The Labute approximate surface area is 429 Å². The van der Waals surface area contributed by atoms with Crippen molar-refractivity contribution in [2.45, 2.75) is 335 Å². The van der Waals surface area contributed by atoms with Gasteiger partial charge in [0.05, 0.1) is 0 Å². The molecule has 0 spiro atoms. The second kappa shape index (κ2) is 58.2. The summed E-state index contributed by atoms with van der Waals surface area (Å²) in [5.74, 6) is -0.865. The largest absolute Gasteiger partial charge is 0.462 e. The molecule has 69 heavy (non-hydrogen) atoms. The van der Waals surface area contributed by atoms with Crippen molar-refractivity contribution in [2.75, 3.05) is 13.2 Å². The lowest BCUT2D eigenvalue weighted by Gasteiger charge is -2.18. The lowest BCUT2D eigenvalue weighted by molar-refractivity contribution is -0.167. The summed E-state index contributed by atoms with van der Waals surface area (Å²) in [4.78, 5) is 38.2. The highest BCUT2D eigenvalue weighted by Gasteiger charge is 2.19. The Morgan fingerprint density at radius 2 is 0.522 bits per heavy atom. The minimum absolute atomic E-state index is 0.0728. The summed E-state index contributed by atoms with van der Waals surface area (Å²) in [5, 5.41) is 0. The highest BCUT2D eigenvalue weighted by Crippen LogP contribution is 2.17. The predicted molar refractivity (Wildman–Crippen MR) is 298 cm³/mol. The SMILES string of the molecule is CCCCC/C=C\C/C=C\CCCCCCCCCC(=O)O[C@@H](COC(=O)CCCCCCCCC/C=C\CCCCCCCCCC)COC(=O)CCCCCCCCCCCCCCCCC. The van der Waals surface area contributed by atoms with E-state index in [0.29, 0.717) is 19.3 Å². The molecule has 0 amide bonds. The van der Waals surface area contributed by atoms with E-state index in [0.717, 1.165) is 70.6 Å². The van der Waals surface area contributed by atoms with Crippen molar-refractivity contribution in [3.8, 4) is 0 Å². The minimum atomic E-state index is -0.776. The van der Waals surface area contributed by atoms with Crippen LogP contribution in [-0.2, 0) is 28.6 Å². The first-order chi connectivity index (χ1) is 34.0. The maximum absolute atomic E-state index is 12.9. The third-order valence-electron chi connectivity index (χ3n) is 13.6. The zero-order valence-electron chi connectivity index (χ0n) is 46.3. The summed E-state index contributed by atoms with van der Waals surface area (Å²) < 4.78 is 16.9. The third-order valence-corrected chi connectivity index (χ3v) is 13.6. The lowest BCUT2D eigenvalue weighted by atomic mass is 10.0. The minimum Gasteiger partial charge on any atom is -0.462 e. The molecule has 0 saturated carbocycles. The molecule has 0 aromatic carbocycles. The van der Waals surface area contributed by atoms with E-state index in [1.54, 1.807) is 0 Å². The molecule has 404 valence electrons. The van der Waals surface area contributed by atoms with Crippen LogP contribution in [0.25, 0.3) is 0 Å². The highest BCUT2D eigenvalue weighted by molar-refractivity contribution is 5.71.